The van der Waals surface area contributed by atoms with Crippen molar-refractivity contribution in [3.05, 3.63) is 47.0 Å². The molecule has 10 heteroatoms. The van der Waals surface area contributed by atoms with Gasteiger partial charge in [0.1, 0.15) is 35.9 Å². The third-order valence-corrected chi connectivity index (χ3v) is 8.59. The molecule has 5 unspecified atom stereocenters. The molecule has 7 rings (SSSR count). The first-order valence-corrected chi connectivity index (χ1v) is 14.2. The van der Waals surface area contributed by atoms with E-state index in [-0.39, 0.29) is 12.4 Å². The van der Waals surface area contributed by atoms with Crippen molar-refractivity contribution in [1.82, 2.24) is 0 Å². The number of aliphatic hydroxyl groups excluding tert-OH is 2. The maximum atomic E-state index is 13.6. The Bertz CT molecular complexity index is 1580. The van der Waals surface area contributed by atoms with Crippen molar-refractivity contribution < 1.29 is 48.2 Å². The fourth-order valence-corrected chi connectivity index (χ4v) is 6.74. The van der Waals surface area contributed by atoms with Crippen LogP contribution in [0.2, 0.25) is 0 Å². The zero-order valence-electron chi connectivity index (χ0n) is 24.0. The molecular weight excluding hydrogens is 544 g/mol. The molecule has 0 radical (unpaired) electrons. The minimum Gasteiger partial charge on any atom is -0.493 e. The molecule has 0 amide bonds. The molecule has 222 valence electrons. The summed E-state index contributed by atoms with van der Waals surface area (Å²) in [7, 11) is 3.12. The van der Waals surface area contributed by atoms with Gasteiger partial charge in [0.15, 0.2) is 23.1 Å². The van der Waals surface area contributed by atoms with Crippen molar-refractivity contribution in [1.29, 1.82) is 0 Å². The average Bonchev–Trinajstić information content (AvgIpc) is 3.70. The van der Waals surface area contributed by atoms with Crippen molar-refractivity contribution in [3.8, 4) is 34.1 Å². The summed E-state index contributed by atoms with van der Waals surface area (Å²) in [5.74, 6) is 1.30. The second kappa shape index (κ2) is 10.1. The van der Waals surface area contributed by atoms with Crippen LogP contribution < -0.4 is 18.9 Å². The number of hydrogen-bond acceptors (Lipinski definition) is 10. The number of carbonyl (C=O) groups excluding carboxylic acids is 1. The highest BCUT2D eigenvalue weighted by atomic mass is 16.8. The van der Waals surface area contributed by atoms with Crippen LogP contribution in [0.5, 0.6) is 23.0 Å². The quantitative estimate of drug-likeness (QED) is 0.449. The van der Waals surface area contributed by atoms with Gasteiger partial charge in [-0.25, -0.2) is 0 Å². The van der Waals surface area contributed by atoms with E-state index in [1.807, 2.05) is 24.3 Å². The first kappa shape index (κ1) is 27.4. The number of carbonyl (C=O) groups is 1. The minimum atomic E-state index is -1.22. The molecule has 3 aliphatic heterocycles. The van der Waals surface area contributed by atoms with Crippen LogP contribution in [0, 0.1) is 0 Å². The summed E-state index contributed by atoms with van der Waals surface area (Å²) in [5.41, 5.74) is 4.08. The Morgan fingerprint density at radius 1 is 0.952 bits per heavy atom. The molecule has 2 N–H and O–H groups in total. The van der Waals surface area contributed by atoms with Crippen LogP contribution in [0.15, 0.2) is 30.3 Å². The summed E-state index contributed by atoms with van der Waals surface area (Å²) in [6, 6.07) is 9.68. The van der Waals surface area contributed by atoms with Crippen LogP contribution in [-0.4, -0.2) is 79.9 Å². The Morgan fingerprint density at radius 3 is 2.43 bits per heavy atom. The predicted molar refractivity (Wildman–Crippen MR) is 151 cm³/mol. The lowest BCUT2D eigenvalue weighted by molar-refractivity contribution is -0.254. The molecule has 4 aliphatic rings. The third-order valence-electron chi connectivity index (χ3n) is 8.59. The number of rotatable bonds is 6. The van der Waals surface area contributed by atoms with E-state index in [1.54, 1.807) is 28.1 Å². The van der Waals surface area contributed by atoms with Gasteiger partial charge in [0.2, 0.25) is 6.29 Å². The fourth-order valence-electron chi connectivity index (χ4n) is 6.74. The van der Waals surface area contributed by atoms with Crippen LogP contribution in [0.1, 0.15) is 41.8 Å². The summed E-state index contributed by atoms with van der Waals surface area (Å²) in [5, 5.41) is 22.9. The molecule has 0 saturated carbocycles. The molecule has 3 heterocycles. The van der Waals surface area contributed by atoms with Gasteiger partial charge < -0.3 is 43.4 Å². The van der Waals surface area contributed by atoms with Gasteiger partial charge in [-0.3, -0.25) is 4.79 Å². The molecule has 2 fully saturated rings. The number of fused-ring (bicyclic) bond motifs is 4. The Labute approximate surface area is 243 Å². The van der Waals surface area contributed by atoms with Gasteiger partial charge in [0.25, 0.3) is 0 Å². The number of ketones is 1. The van der Waals surface area contributed by atoms with Gasteiger partial charge in [-0.2, -0.15) is 0 Å². The Hall–Kier alpha value is -3.41. The van der Waals surface area contributed by atoms with E-state index in [9.17, 15) is 15.0 Å². The molecule has 42 heavy (non-hydrogen) atoms. The molecular formula is C32H34O10. The minimum absolute atomic E-state index is 0.00553. The highest BCUT2D eigenvalue weighted by molar-refractivity contribution is 6.16. The normalized spacial score (nSPS) is 27.4. The zero-order chi connectivity index (χ0) is 29.3. The Kier molecular flexibility index (Phi) is 6.59. The molecule has 0 spiro atoms. The van der Waals surface area contributed by atoms with E-state index in [0.29, 0.717) is 47.6 Å². The highest BCUT2D eigenvalue weighted by Crippen LogP contribution is 2.50. The van der Waals surface area contributed by atoms with Crippen LogP contribution in [0.4, 0.5) is 0 Å². The number of benzene rings is 3. The Morgan fingerprint density at radius 2 is 1.69 bits per heavy atom. The summed E-state index contributed by atoms with van der Waals surface area (Å²) >= 11 is 0. The summed E-state index contributed by atoms with van der Waals surface area (Å²) in [6.07, 6.45) is -3.07. The van der Waals surface area contributed by atoms with Crippen LogP contribution in [0.25, 0.3) is 21.9 Å². The lowest BCUT2D eigenvalue weighted by Gasteiger charge is -2.39. The van der Waals surface area contributed by atoms with Gasteiger partial charge in [-0.15, -0.1) is 0 Å². The molecule has 2 saturated heterocycles. The highest BCUT2D eigenvalue weighted by Gasteiger charge is 2.55. The predicted octanol–water partition coefficient (Wildman–Crippen LogP) is 3.56. The number of ether oxygens (including phenoxy) is 7. The van der Waals surface area contributed by atoms with Crippen molar-refractivity contribution in [3.63, 3.8) is 0 Å². The van der Waals surface area contributed by atoms with Gasteiger partial charge in [-0.05, 0) is 61.0 Å². The van der Waals surface area contributed by atoms with E-state index in [1.165, 1.54) is 0 Å². The van der Waals surface area contributed by atoms with Crippen molar-refractivity contribution in [2.24, 2.45) is 0 Å². The summed E-state index contributed by atoms with van der Waals surface area (Å²) < 4.78 is 41.6. The fraction of sp³-hybridized carbons (Fsp3) is 0.469. The van der Waals surface area contributed by atoms with E-state index in [2.05, 4.69) is 6.07 Å². The van der Waals surface area contributed by atoms with Crippen molar-refractivity contribution in [2.45, 2.75) is 69.6 Å². The number of Topliss-reactive ketones (excluding diaryl/α,β-unsaturated/α-hetero) is 1. The second-order valence-corrected chi connectivity index (χ2v) is 11.6. The number of methoxy groups -OCH3 is 2. The van der Waals surface area contributed by atoms with E-state index >= 15 is 0 Å². The van der Waals surface area contributed by atoms with Gasteiger partial charge in [-0.1, -0.05) is 6.07 Å². The lowest BCUT2D eigenvalue weighted by atomic mass is 9.88. The zero-order valence-corrected chi connectivity index (χ0v) is 24.0. The molecule has 3 aromatic carbocycles. The monoisotopic (exact) mass is 578 g/mol. The summed E-state index contributed by atoms with van der Waals surface area (Å²) in [4.78, 5) is 13.6. The molecule has 1 aliphatic carbocycles. The standard InChI is InChI=1S/C32H34O10/c1-32(2)41-29-24(14-33)39-31(27(35)30(29)42-32)40-28-17-6-7-20(34)26(17)25(16-5-8-21-15(11-16)9-10-38-21)18-12-22(36-3)23(37-4)13-19(18)28/h5,8,11-13,24,27,29-31,33,35H,6-7,9-10,14H2,1-4H3. The maximum absolute atomic E-state index is 13.6. The molecule has 5 atom stereocenters. The largest absolute Gasteiger partial charge is 0.493 e. The summed E-state index contributed by atoms with van der Waals surface area (Å²) in [6.45, 7) is 3.77. The first-order chi connectivity index (χ1) is 20.2. The molecule has 3 aromatic rings. The Balaban J connectivity index is 1.42. The maximum Gasteiger partial charge on any atom is 0.229 e. The topological polar surface area (TPSA) is 122 Å². The second-order valence-electron chi connectivity index (χ2n) is 11.6. The first-order valence-electron chi connectivity index (χ1n) is 14.2. The SMILES string of the molecule is COc1cc2c(OC3OC(CO)C4OC(C)(C)OC4C3O)c3c(c(-c4ccc5c(c4)CCO5)c2cc1OC)C(=O)CC3. The average molecular weight is 579 g/mol. The van der Waals surface area contributed by atoms with Gasteiger partial charge >= 0.3 is 0 Å². The molecule has 10 nitrogen and oxygen atoms in total. The van der Waals surface area contributed by atoms with Crippen molar-refractivity contribution in [2.75, 3.05) is 27.4 Å². The van der Waals surface area contributed by atoms with Crippen molar-refractivity contribution >= 4 is 16.6 Å². The molecule has 0 bridgehead atoms. The van der Waals surface area contributed by atoms with Crippen LogP contribution >= 0.6 is 0 Å². The van der Waals surface area contributed by atoms with Crippen LogP contribution in [0.3, 0.4) is 0 Å². The smallest absolute Gasteiger partial charge is 0.229 e. The number of hydrogen-bond donors (Lipinski definition) is 2. The van der Waals surface area contributed by atoms with Gasteiger partial charge in [0.05, 0.1) is 27.4 Å². The molecule has 0 aromatic heterocycles. The third kappa shape index (κ3) is 4.24. The van der Waals surface area contributed by atoms with Gasteiger partial charge in [0, 0.05) is 34.9 Å². The van der Waals surface area contributed by atoms with E-state index in [4.69, 9.17) is 33.2 Å². The lowest BCUT2D eigenvalue weighted by Crippen LogP contribution is -2.58. The number of aliphatic hydroxyl groups is 2. The van der Waals surface area contributed by atoms with E-state index < -0.39 is 36.5 Å². The van der Waals surface area contributed by atoms with Crippen LogP contribution in [-0.2, 0) is 27.1 Å². The van der Waals surface area contributed by atoms with E-state index in [0.717, 1.165) is 39.8 Å².